The number of pyridine rings is 1. The lowest BCUT2D eigenvalue weighted by Gasteiger charge is -2.49. The molecule has 35 heavy (non-hydrogen) atoms. The van der Waals surface area contributed by atoms with E-state index in [2.05, 4.69) is 36.1 Å². The number of piperidine rings is 3. The number of rotatable bonds is 4. The summed E-state index contributed by atoms with van der Waals surface area (Å²) in [5.74, 6) is 0.964. The SMILES string of the molecule is Cc1nc(N[C@H](C)c2cccc(C(F)(F)F)c2C)c2cn(C34CCN(CC3)CC4)c(=O)c(Br)c2n1. The van der Waals surface area contributed by atoms with Gasteiger partial charge in [0.05, 0.1) is 28.0 Å². The topological polar surface area (TPSA) is 63.1 Å². The third-order valence-electron chi connectivity index (χ3n) is 7.62. The molecule has 0 saturated carbocycles. The molecule has 1 aromatic carbocycles. The molecule has 3 aromatic rings. The highest BCUT2D eigenvalue weighted by Gasteiger charge is 2.42. The molecule has 6 rings (SSSR count). The summed E-state index contributed by atoms with van der Waals surface area (Å²) < 4.78 is 42.7. The normalized spacial score (nSPS) is 23.0. The van der Waals surface area contributed by atoms with Crippen molar-refractivity contribution < 1.29 is 13.2 Å². The predicted molar refractivity (Wildman–Crippen MR) is 133 cm³/mol. The molecule has 10 heteroatoms. The van der Waals surface area contributed by atoms with E-state index in [1.165, 1.54) is 13.0 Å². The van der Waals surface area contributed by atoms with E-state index in [-0.39, 0.29) is 16.7 Å². The van der Waals surface area contributed by atoms with Crippen LogP contribution in [0.4, 0.5) is 19.0 Å². The molecule has 0 aliphatic carbocycles. The van der Waals surface area contributed by atoms with Crippen LogP contribution in [0.25, 0.3) is 10.9 Å². The van der Waals surface area contributed by atoms with E-state index in [0.29, 0.717) is 32.6 Å². The molecular weight excluding hydrogens is 523 g/mol. The smallest absolute Gasteiger partial charge is 0.363 e. The first kappa shape index (κ1) is 24.2. The van der Waals surface area contributed by atoms with Gasteiger partial charge in [0.1, 0.15) is 16.1 Å². The van der Waals surface area contributed by atoms with Crippen LogP contribution in [-0.2, 0) is 11.7 Å². The van der Waals surface area contributed by atoms with E-state index in [1.54, 1.807) is 13.0 Å². The molecule has 5 heterocycles. The number of fused-ring (bicyclic) bond motifs is 4. The molecule has 3 fully saturated rings. The van der Waals surface area contributed by atoms with E-state index in [0.717, 1.165) is 45.0 Å². The number of aromatic nitrogens is 3. The highest BCUT2D eigenvalue weighted by Crippen LogP contribution is 2.40. The Morgan fingerprint density at radius 3 is 2.40 bits per heavy atom. The van der Waals surface area contributed by atoms with E-state index in [9.17, 15) is 18.0 Å². The number of hydrogen-bond acceptors (Lipinski definition) is 5. The Labute approximate surface area is 209 Å². The van der Waals surface area contributed by atoms with E-state index >= 15 is 0 Å². The standard InChI is InChI=1S/C25H27BrF3N5O/c1-14-17(5-4-6-19(14)25(27,28)29)15(2)30-22-18-13-34(24-7-10-33(11-8-24)12-9-24)23(35)20(26)21(18)31-16(3)32-22/h4-6,13,15H,7-12H2,1-3H3,(H,30,31,32)/t15-/m1/s1. The Bertz CT molecular complexity index is 1350. The number of alkyl halides is 3. The van der Waals surface area contributed by atoms with Crippen molar-refractivity contribution in [3.8, 4) is 0 Å². The van der Waals surface area contributed by atoms with Crippen molar-refractivity contribution in [2.24, 2.45) is 0 Å². The fourth-order valence-corrected chi connectivity index (χ4v) is 6.10. The van der Waals surface area contributed by atoms with Crippen molar-refractivity contribution in [1.29, 1.82) is 0 Å². The molecule has 0 spiro atoms. The van der Waals surface area contributed by atoms with Crippen molar-refractivity contribution in [3.05, 3.63) is 61.7 Å². The number of anilines is 1. The maximum absolute atomic E-state index is 13.5. The van der Waals surface area contributed by atoms with Crippen LogP contribution in [0.15, 0.2) is 33.7 Å². The van der Waals surface area contributed by atoms with Crippen LogP contribution in [-0.4, -0.2) is 39.1 Å². The van der Waals surface area contributed by atoms with Crippen molar-refractivity contribution in [2.45, 2.75) is 57.8 Å². The molecule has 2 bridgehead atoms. The molecule has 3 aliphatic rings. The molecule has 6 nitrogen and oxygen atoms in total. The van der Waals surface area contributed by atoms with E-state index in [1.807, 2.05) is 17.7 Å². The van der Waals surface area contributed by atoms with Gasteiger partial charge in [-0.05, 0) is 73.2 Å². The van der Waals surface area contributed by atoms with Crippen LogP contribution in [0.5, 0.6) is 0 Å². The molecule has 1 atom stereocenters. The first-order valence-corrected chi connectivity index (χ1v) is 12.5. The van der Waals surface area contributed by atoms with Crippen LogP contribution in [0.2, 0.25) is 0 Å². The van der Waals surface area contributed by atoms with Gasteiger partial charge in [0.25, 0.3) is 5.56 Å². The Balaban J connectivity index is 1.61. The summed E-state index contributed by atoms with van der Waals surface area (Å²) in [6, 6.07) is 3.76. The van der Waals surface area contributed by atoms with Gasteiger partial charge in [-0.15, -0.1) is 0 Å². The van der Waals surface area contributed by atoms with Gasteiger partial charge in [-0.3, -0.25) is 4.79 Å². The number of nitrogens with one attached hydrogen (secondary N) is 1. The highest BCUT2D eigenvalue weighted by molar-refractivity contribution is 9.10. The van der Waals surface area contributed by atoms with Gasteiger partial charge in [-0.1, -0.05) is 12.1 Å². The van der Waals surface area contributed by atoms with Crippen LogP contribution in [0.3, 0.4) is 0 Å². The molecule has 2 aromatic heterocycles. The molecule has 0 amide bonds. The minimum Gasteiger partial charge on any atom is -0.363 e. The number of hydrogen-bond donors (Lipinski definition) is 1. The third kappa shape index (κ3) is 4.14. The Morgan fingerprint density at radius 1 is 1.11 bits per heavy atom. The predicted octanol–water partition coefficient (Wildman–Crippen LogP) is 5.56. The molecule has 0 unspecified atom stereocenters. The molecule has 1 N–H and O–H groups in total. The fraction of sp³-hybridized carbons (Fsp3) is 0.480. The second-order valence-electron chi connectivity index (χ2n) is 9.70. The molecule has 3 aliphatic heterocycles. The summed E-state index contributed by atoms with van der Waals surface area (Å²) in [4.78, 5) is 25.0. The molecule has 3 saturated heterocycles. The van der Waals surface area contributed by atoms with Crippen LogP contribution < -0.4 is 10.9 Å². The molecule has 186 valence electrons. The first-order valence-electron chi connectivity index (χ1n) is 11.8. The molecular formula is C25H27BrF3N5O. The van der Waals surface area contributed by atoms with Crippen molar-refractivity contribution in [1.82, 2.24) is 19.4 Å². The van der Waals surface area contributed by atoms with Gasteiger partial charge in [0.15, 0.2) is 0 Å². The maximum Gasteiger partial charge on any atom is 0.416 e. The van der Waals surface area contributed by atoms with Crippen LogP contribution >= 0.6 is 15.9 Å². The molecule has 0 radical (unpaired) electrons. The number of halogens is 4. The van der Waals surface area contributed by atoms with Crippen molar-refractivity contribution in [3.63, 3.8) is 0 Å². The number of aryl methyl sites for hydroxylation is 1. The minimum atomic E-state index is -4.42. The van der Waals surface area contributed by atoms with E-state index in [4.69, 9.17) is 0 Å². The summed E-state index contributed by atoms with van der Waals surface area (Å²) in [6.45, 7) is 7.92. The second kappa shape index (κ2) is 8.58. The zero-order valence-corrected chi connectivity index (χ0v) is 21.4. The zero-order chi connectivity index (χ0) is 25.1. The Morgan fingerprint density at radius 2 is 1.77 bits per heavy atom. The second-order valence-corrected chi connectivity index (χ2v) is 10.5. The largest absolute Gasteiger partial charge is 0.416 e. The summed E-state index contributed by atoms with van der Waals surface area (Å²) >= 11 is 3.50. The van der Waals surface area contributed by atoms with Gasteiger partial charge >= 0.3 is 6.18 Å². The summed E-state index contributed by atoms with van der Waals surface area (Å²) in [6.07, 6.45) is 0.130. The fourth-order valence-electron chi connectivity index (χ4n) is 5.61. The first-order chi connectivity index (χ1) is 16.5. The van der Waals surface area contributed by atoms with Crippen molar-refractivity contribution >= 4 is 32.7 Å². The number of benzene rings is 1. The van der Waals surface area contributed by atoms with Crippen LogP contribution in [0, 0.1) is 13.8 Å². The average molecular weight is 550 g/mol. The van der Waals surface area contributed by atoms with Gasteiger partial charge < -0.3 is 14.8 Å². The van der Waals surface area contributed by atoms with Gasteiger partial charge in [0.2, 0.25) is 0 Å². The average Bonchev–Trinajstić information content (AvgIpc) is 2.82. The lowest BCUT2D eigenvalue weighted by Crippen LogP contribution is -2.56. The van der Waals surface area contributed by atoms with E-state index < -0.39 is 17.8 Å². The zero-order valence-electron chi connectivity index (χ0n) is 19.8. The summed E-state index contributed by atoms with van der Waals surface area (Å²) in [5, 5.41) is 3.98. The van der Waals surface area contributed by atoms with Gasteiger partial charge in [-0.25, -0.2) is 9.97 Å². The lowest BCUT2D eigenvalue weighted by atomic mass is 9.79. The monoisotopic (exact) mass is 549 g/mol. The Hall–Kier alpha value is -2.46. The summed E-state index contributed by atoms with van der Waals surface area (Å²) in [5.41, 5.74) is 0.216. The van der Waals surface area contributed by atoms with Gasteiger partial charge in [0, 0.05) is 25.8 Å². The summed E-state index contributed by atoms with van der Waals surface area (Å²) in [7, 11) is 0. The third-order valence-corrected chi connectivity index (χ3v) is 8.34. The number of nitrogens with zero attached hydrogens (tertiary/aromatic N) is 4. The maximum atomic E-state index is 13.5. The highest BCUT2D eigenvalue weighted by atomic mass is 79.9. The van der Waals surface area contributed by atoms with Crippen molar-refractivity contribution in [2.75, 3.05) is 25.0 Å². The quantitative estimate of drug-likeness (QED) is 0.461. The van der Waals surface area contributed by atoms with Crippen LogP contribution in [0.1, 0.15) is 54.7 Å². The lowest BCUT2D eigenvalue weighted by molar-refractivity contribution is -0.138. The Kier molecular flexibility index (Phi) is 5.95. The minimum absolute atomic E-state index is 0.112. The van der Waals surface area contributed by atoms with Gasteiger partial charge in [-0.2, -0.15) is 13.2 Å².